The van der Waals surface area contributed by atoms with Crippen LogP contribution >= 0.6 is 11.3 Å². The van der Waals surface area contributed by atoms with Crippen molar-refractivity contribution in [3.8, 4) is 11.5 Å². The van der Waals surface area contributed by atoms with Gasteiger partial charge in [-0.05, 0) is 0 Å². The normalized spacial score (nSPS) is 27.9. The number of hydrogen-bond donors (Lipinski definition) is 0. The molecule has 0 N–H and O–H groups in total. The summed E-state index contributed by atoms with van der Waals surface area (Å²) in [6, 6.07) is 0. The molecule has 0 saturated heterocycles. The lowest BCUT2D eigenvalue weighted by atomic mass is 10.2. The van der Waals surface area contributed by atoms with Crippen molar-refractivity contribution in [3.63, 3.8) is 0 Å². The lowest BCUT2D eigenvalue weighted by Crippen LogP contribution is -2.63. The first kappa shape index (κ1) is 11.4. The second-order valence-corrected chi connectivity index (χ2v) is 3.66. The van der Waals surface area contributed by atoms with E-state index in [0.29, 0.717) is 0 Å². The maximum absolute atomic E-state index is 13.2. The minimum Gasteiger partial charge on any atom is -0.438 e. The molecule has 0 spiro atoms. The van der Waals surface area contributed by atoms with Crippen molar-refractivity contribution in [1.82, 2.24) is 0 Å². The lowest BCUT2D eigenvalue weighted by molar-refractivity contribution is -0.427. The highest BCUT2D eigenvalue weighted by Crippen LogP contribution is 2.53. The first-order valence-electron chi connectivity index (χ1n) is 3.75. The quantitative estimate of drug-likeness (QED) is 0.669. The summed E-state index contributed by atoms with van der Waals surface area (Å²) in [6.07, 6.45) is -11.0. The van der Waals surface area contributed by atoms with E-state index >= 15 is 0 Å². The molecular formula is C7H2F6O2S. The van der Waals surface area contributed by atoms with Gasteiger partial charge in [-0.3, -0.25) is 0 Å². The zero-order valence-electron chi connectivity index (χ0n) is 7.15. The van der Waals surface area contributed by atoms with Gasteiger partial charge in [-0.15, -0.1) is 11.3 Å². The molecule has 0 aromatic carbocycles. The van der Waals surface area contributed by atoms with Gasteiger partial charge in [0.25, 0.3) is 0 Å². The number of ether oxygens (including phenoxy) is 2. The molecule has 2 nitrogen and oxygen atoms in total. The molecule has 0 aliphatic carbocycles. The Kier molecular flexibility index (Phi) is 2.10. The van der Waals surface area contributed by atoms with Crippen LogP contribution in [0.3, 0.4) is 0 Å². The molecule has 16 heavy (non-hydrogen) atoms. The zero-order valence-corrected chi connectivity index (χ0v) is 7.96. The standard InChI is InChI=1S/C7H2F6O2S/c8-5(6(9,10)11)7(12,13)15-4-2-16-1-3(4)14-5/h1-2H. The summed E-state index contributed by atoms with van der Waals surface area (Å²) < 4.78 is 82.8. The molecule has 2 rings (SSSR count). The Balaban J connectivity index is 2.50. The van der Waals surface area contributed by atoms with Gasteiger partial charge in [0.2, 0.25) is 0 Å². The number of alkyl halides is 6. The molecule has 2 heterocycles. The lowest BCUT2D eigenvalue weighted by Gasteiger charge is -2.36. The van der Waals surface area contributed by atoms with Crippen molar-refractivity contribution in [2.75, 3.05) is 0 Å². The number of thiophene rings is 1. The van der Waals surface area contributed by atoms with Gasteiger partial charge < -0.3 is 9.47 Å². The second-order valence-electron chi connectivity index (χ2n) is 2.91. The largest absolute Gasteiger partial charge is 0.481 e. The third-order valence-electron chi connectivity index (χ3n) is 1.82. The topological polar surface area (TPSA) is 18.5 Å². The van der Waals surface area contributed by atoms with Crippen LogP contribution in [0.1, 0.15) is 0 Å². The van der Waals surface area contributed by atoms with Gasteiger partial charge in [-0.1, -0.05) is 0 Å². The Labute approximate surface area is 88.4 Å². The molecule has 0 bridgehead atoms. The first-order chi connectivity index (χ1) is 7.17. The highest BCUT2D eigenvalue weighted by molar-refractivity contribution is 7.08. The molecule has 1 aliphatic heterocycles. The van der Waals surface area contributed by atoms with Gasteiger partial charge in [0, 0.05) is 10.8 Å². The van der Waals surface area contributed by atoms with Crippen LogP contribution < -0.4 is 9.47 Å². The fourth-order valence-electron chi connectivity index (χ4n) is 1.06. The van der Waals surface area contributed by atoms with Gasteiger partial charge in [0.1, 0.15) is 0 Å². The van der Waals surface area contributed by atoms with Gasteiger partial charge in [0.15, 0.2) is 11.5 Å². The Morgan fingerprint density at radius 1 is 1.00 bits per heavy atom. The van der Waals surface area contributed by atoms with Crippen LogP contribution in [0.4, 0.5) is 26.3 Å². The highest BCUT2D eigenvalue weighted by atomic mass is 32.1. The maximum Gasteiger partial charge on any atom is 0.481 e. The summed E-state index contributed by atoms with van der Waals surface area (Å²) in [5.41, 5.74) is 0. The van der Waals surface area contributed by atoms with E-state index in [2.05, 4.69) is 9.47 Å². The minimum absolute atomic E-state index is 0.618. The number of halogens is 6. The van der Waals surface area contributed by atoms with E-state index in [9.17, 15) is 26.3 Å². The molecule has 0 radical (unpaired) electrons. The zero-order chi connectivity index (χ0) is 12.2. The molecule has 1 unspecified atom stereocenters. The summed E-state index contributed by atoms with van der Waals surface area (Å²) in [6.45, 7) is 0. The van der Waals surface area contributed by atoms with Crippen molar-refractivity contribution >= 4 is 11.3 Å². The van der Waals surface area contributed by atoms with Crippen molar-refractivity contribution in [1.29, 1.82) is 0 Å². The second kappa shape index (κ2) is 2.96. The predicted molar refractivity (Wildman–Crippen MR) is 40.4 cm³/mol. The Hall–Kier alpha value is -1.12. The van der Waals surface area contributed by atoms with Crippen molar-refractivity contribution in [3.05, 3.63) is 10.8 Å². The van der Waals surface area contributed by atoms with Crippen LogP contribution in [0.2, 0.25) is 0 Å². The number of hydrogen-bond acceptors (Lipinski definition) is 3. The minimum atomic E-state index is -5.91. The van der Waals surface area contributed by atoms with Gasteiger partial charge >= 0.3 is 18.1 Å². The smallest absolute Gasteiger partial charge is 0.438 e. The Bertz CT molecular complexity index is 413. The SMILES string of the molecule is FC(F)(F)C1(F)Oc2cscc2OC1(F)F. The van der Waals surface area contributed by atoms with Crippen LogP contribution in [0.25, 0.3) is 0 Å². The molecule has 9 heteroatoms. The first-order valence-corrected chi connectivity index (χ1v) is 4.69. The fraction of sp³-hybridized carbons (Fsp3) is 0.429. The van der Waals surface area contributed by atoms with E-state index in [1.54, 1.807) is 0 Å². The molecule has 1 aromatic rings. The molecule has 0 fully saturated rings. The third-order valence-corrected chi connectivity index (χ3v) is 2.52. The summed E-state index contributed by atoms with van der Waals surface area (Å²) >= 11 is 0.750. The molecule has 90 valence electrons. The molecule has 0 saturated carbocycles. The summed E-state index contributed by atoms with van der Waals surface area (Å²) in [7, 11) is 0. The molecular weight excluding hydrogens is 262 g/mol. The monoisotopic (exact) mass is 264 g/mol. The van der Waals surface area contributed by atoms with Crippen LogP contribution in [-0.4, -0.2) is 18.1 Å². The van der Waals surface area contributed by atoms with Crippen molar-refractivity contribution < 1.29 is 35.8 Å². The van der Waals surface area contributed by atoms with Gasteiger partial charge in [-0.2, -0.15) is 26.3 Å². The fourth-order valence-corrected chi connectivity index (χ4v) is 1.70. The van der Waals surface area contributed by atoms with Crippen LogP contribution in [0, 0.1) is 0 Å². The van der Waals surface area contributed by atoms with Gasteiger partial charge in [-0.25, -0.2) is 0 Å². The average Bonchev–Trinajstić information content (AvgIpc) is 2.49. The van der Waals surface area contributed by atoms with Crippen LogP contribution in [-0.2, 0) is 0 Å². The van der Waals surface area contributed by atoms with Gasteiger partial charge in [0.05, 0.1) is 0 Å². The molecule has 1 atom stereocenters. The summed E-state index contributed by atoms with van der Waals surface area (Å²) in [5, 5.41) is 1.92. The van der Waals surface area contributed by atoms with Crippen molar-refractivity contribution in [2.45, 2.75) is 18.1 Å². The van der Waals surface area contributed by atoms with Crippen LogP contribution in [0.15, 0.2) is 10.8 Å². The molecule has 0 amide bonds. The van der Waals surface area contributed by atoms with E-state index < -0.39 is 29.6 Å². The molecule has 1 aromatic heterocycles. The third kappa shape index (κ3) is 1.34. The van der Waals surface area contributed by atoms with Crippen LogP contribution in [0.5, 0.6) is 11.5 Å². The Morgan fingerprint density at radius 3 is 2.00 bits per heavy atom. The molecule has 1 aliphatic rings. The van der Waals surface area contributed by atoms with E-state index in [4.69, 9.17) is 0 Å². The van der Waals surface area contributed by atoms with Crippen molar-refractivity contribution in [2.24, 2.45) is 0 Å². The number of rotatable bonds is 0. The summed E-state index contributed by atoms with van der Waals surface area (Å²) in [5.74, 6) is -6.49. The predicted octanol–water partition coefficient (Wildman–Crippen LogP) is 3.34. The summed E-state index contributed by atoms with van der Waals surface area (Å²) in [4.78, 5) is 0. The van der Waals surface area contributed by atoms with E-state index in [-0.39, 0.29) is 0 Å². The van der Waals surface area contributed by atoms with E-state index in [1.807, 2.05) is 0 Å². The number of fused-ring (bicyclic) bond motifs is 1. The van der Waals surface area contributed by atoms with E-state index in [0.717, 1.165) is 22.1 Å². The van der Waals surface area contributed by atoms with E-state index in [1.165, 1.54) is 0 Å². The Morgan fingerprint density at radius 2 is 1.50 bits per heavy atom. The average molecular weight is 264 g/mol. The maximum atomic E-state index is 13.2. The highest BCUT2D eigenvalue weighted by Gasteiger charge is 2.78.